The lowest BCUT2D eigenvalue weighted by molar-refractivity contribution is -0.118. The monoisotopic (exact) mass is 577 g/mol. The molecule has 3 heterocycles. The van der Waals surface area contributed by atoms with E-state index in [4.69, 9.17) is 16.2 Å². The number of amides is 2. The summed E-state index contributed by atoms with van der Waals surface area (Å²) < 4.78 is 10.9. The van der Waals surface area contributed by atoms with Gasteiger partial charge in [0, 0.05) is 24.7 Å². The number of aromatic nitrogens is 3. The summed E-state index contributed by atoms with van der Waals surface area (Å²) >= 11 is 0. The molecule has 42 heavy (non-hydrogen) atoms. The smallest absolute Gasteiger partial charge is 0.354 e. The molecule has 0 unspecified atom stereocenters. The lowest BCUT2D eigenvalue weighted by Crippen LogP contribution is -2.27. The number of hydrogen-bond donors (Lipinski definition) is 5. The van der Waals surface area contributed by atoms with Gasteiger partial charge < -0.3 is 36.7 Å². The number of nitrogen functional groups attached to an aromatic ring is 1. The molecular formula is C28H31N7O7. The maximum atomic E-state index is 12.5. The molecule has 2 aromatic heterocycles. The molecule has 0 radical (unpaired) electrons. The summed E-state index contributed by atoms with van der Waals surface area (Å²) in [4.78, 5) is 50.4. The molecule has 4 aromatic rings. The number of nitrogens with two attached hydrogens (primary N) is 2. The minimum Gasteiger partial charge on any atom is -0.482 e. The number of aromatic carboxylic acids is 1. The second-order valence-corrected chi connectivity index (χ2v) is 8.92. The zero-order chi connectivity index (χ0) is 29.7. The molecule has 7 N–H and O–H groups in total. The standard InChI is InChI=1S/C17H14N6O5.C10H13NO2.CH4/c18-13-5-14-20-10(4-11(17(26)27)23(14)22-13)16(25)19-6-8-1-2-12-9(3-8)21-15(24)7-28-12;1-7(11)8-3-5-9(6-4-8)10(12)13-2;/h1-5H,6-7H2,(H2,18,22)(H,19,25)(H,21,24)(H,26,27);3-7H,11H2,1-2H3;1H4/t;7-;/m.1./s1. The number of carboxylic acid groups (broad SMARTS) is 1. The third kappa shape index (κ3) is 7.17. The Balaban J connectivity index is 0.000000293. The van der Waals surface area contributed by atoms with Crippen molar-refractivity contribution in [2.75, 3.05) is 24.8 Å². The second kappa shape index (κ2) is 13.2. The molecule has 0 bridgehead atoms. The second-order valence-electron chi connectivity index (χ2n) is 8.92. The van der Waals surface area contributed by atoms with Crippen LogP contribution < -0.4 is 26.8 Å². The Labute approximate surface area is 240 Å². The van der Waals surface area contributed by atoms with Gasteiger partial charge in [-0.05, 0) is 42.3 Å². The summed E-state index contributed by atoms with van der Waals surface area (Å²) in [6.07, 6.45) is 0. The van der Waals surface area contributed by atoms with Crippen molar-refractivity contribution in [1.29, 1.82) is 0 Å². The number of carboxylic acids is 1. The minimum atomic E-state index is -1.27. The average Bonchev–Trinajstić information content (AvgIpc) is 3.34. The highest BCUT2D eigenvalue weighted by molar-refractivity contribution is 5.97. The lowest BCUT2D eigenvalue weighted by atomic mass is 10.1. The van der Waals surface area contributed by atoms with Gasteiger partial charge in [0.15, 0.2) is 17.9 Å². The van der Waals surface area contributed by atoms with Gasteiger partial charge in [0.1, 0.15) is 17.3 Å². The molecule has 0 saturated carbocycles. The van der Waals surface area contributed by atoms with E-state index in [0.717, 1.165) is 16.1 Å². The molecule has 0 saturated heterocycles. The summed E-state index contributed by atoms with van der Waals surface area (Å²) in [5.41, 5.74) is 13.9. The minimum absolute atomic E-state index is 0. The van der Waals surface area contributed by atoms with E-state index in [1.807, 2.05) is 19.1 Å². The van der Waals surface area contributed by atoms with E-state index in [0.29, 0.717) is 22.6 Å². The van der Waals surface area contributed by atoms with Crippen LogP contribution in [0.4, 0.5) is 11.5 Å². The van der Waals surface area contributed by atoms with Crippen molar-refractivity contribution in [3.63, 3.8) is 0 Å². The average molecular weight is 578 g/mol. The normalized spacial score (nSPS) is 12.3. The number of carbonyl (C=O) groups is 4. The van der Waals surface area contributed by atoms with Gasteiger partial charge >= 0.3 is 11.9 Å². The number of benzene rings is 2. The number of carbonyl (C=O) groups excluding carboxylic acids is 3. The molecule has 14 heteroatoms. The highest BCUT2D eigenvalue weighted by Crippen LogP contribution is 2.28. The molecule has 2 amide bonds. The number of fused-ring (bicyclic) bond motifs is 2. The highest BCUT2D eigenvalue weighted by atomic mass is 16.5. The lowest BCUT2D eigenvalue weighted by Gasteiger charge is -2.18. The van der Waals surface area contributed by atoms with E-state index >= 15 is 0 Å². The van der Waals surface area contributed by atoms with Crippen molar-refractivity contribution in [1.82, 2.24) is 19.9 Å². The van der Waals surface area contributed by atoms with Crippen LogP contribution in [0.15, 0.2) is 54.6 Å². The van der Waals surface area contributed by atoms with Crippen molar-refractivity contribution in [2.45, 2.75) is 26.9 Å². The van der Waals surface area contributed by atoms with Crippen LogP contribution in [-0.4, -0.2) is 57.2 Å². The Morgan fingerprint density at radius 3 is 2.52 bits per heavy atom. The summed E-state index contributed by atoms with van der Waals surface area (Å²) in [5, 5.41) is 18.5. The number of nitrogens with one attached hydrogen (secondary N) is 2. The first-order chi connectivity index (χ1) is 19.5. The topological polar surface area (TPSA) is 213 Å². The predicted octanol–water partition coefficient (Wildman–Crippen LogP) is 2.40. The molecule has 0 aliphatic carbocycles. The molecule has 220 valence electrons. The fraction of sp³-hybridized carbons (Fsp3) is 0.214. The number of anilines is 2. The Morgan fingerprint density at radius 1 is 1.17 bits per heavy atom. The number of ether oxygens (including phenoxy) is 2. The van der Waals surface area contributed by atoms with E-state index in [-0.39, 0.29) is 61.3 Å². The summed E-state index contributed by atoms with van der Waals surface area (Å²) in [5.74, 6) is -1.78. The van der Waals surface area contributed by atoms with Crippen LogP contribution in [0, 0.1) is 0 Å². The first-order valence-electron chi connectivity index (χ1n) is 12.2. The third-order valence-electron chi connectivity index (χ3n) is 5.89. The van der Waals surface area contributed by atoms with Gasteiger partial charge in [0.05, 0.1) is 18.4 Å². The van der Waals surface area contributed by atoms with E-state index in [1.165, 1.54) is 13.2 Å². The van der Waals surface area contributed by atoms with Crippen molar-refractivity contribution in [3.05, 3.63) is 82.7 Å². The highest BCUT2D eigenvalue weighted by Gasteiger charge is 2.19. The van der Waals surface area contributed by atoms with E-state index in [9.17, 15) is 24.3 Å². The number of hydrogen-bond acceptors (Lipinski definition) is 10. The van der Waals surface area contributed by atoms with Gasteiger partial charge in [-0.2, -0.15) is 0 Å². The van der Waals surface area contributed by atoms with E-state index in [1.54, 1.807) is 30.3 Å². The Kier molecular flexibility index (Phi) is 9.78. The largest absolute Gasteiger partial charge is 0.482 e. The molecule has 0 fully saturated rings. The van der Waals surface area contributed by atoms with Crippen LogP contribution in [0.2, 0.25) is 0 Å². The van der Waals surface area contributed by atoms with Crippen molar-refractivity contribution >= 4 is 40.9 Å². The molecule has 1 atom stereocenters. The number of nitrogens with zero attached hydrogens (tertiary/aromatic N) is 3. The van der Waals surface area contributed by atoms with Crippen molar-refractivity contribution in [3.8, 4) is 5.75 Å². The number of rotatable bonds is 6. The Bertz CT molecular complexity index is 1630. The van der Waals surface area contributed by atoms with Crippen LogP contribution in [0.5, 0.6) is 5.75 Å². The SMILES string of the molecule is C.COC(=O)c1ccc([C@@H](C)N)cc1.Nc1cc2nc(C(=O)NCc3ccc4c(c3)NC(=O)CO4)cc(C(=O)O)n2n1. The van der Waals surface area contributed by atoms with Crippen LogP contribution in [0.25, 0.3) is 5.65 Å². The number of esters is 1. The Hall–Kier alpha value is -5.50. The van der Waals surface area contributed by atoms with Crippen LogP contribution >= 0.6 is 0 Å². The quantitative estimate of drug-likeness (QED) is 0.210. The van der Waals surface area contributed by atoms with Crippen molar-refractivity contribution < 1.29 is 33.8 Å². The molecule has 1 aliphatic rings. The van der Waals surface area contributed by atoms with E-state index < -0.39 is 11.9 Å². The fourth-order valence-corrected chi connectivity index (χ4v) is 3.81. The van der Waals surface area contributed by atoms with Crippen molar-refractivity contribution in [2.24, 2.45) is 5.73 Å². The van der Waals surface area contributed by atoms with Crippen LogP contribution in [0.1, 0.15) is 62.9 Å². The maximum Gasteiger partial charge on any atom is 0.354 e. The predicted molar refractivity (Wildman–Crippen MR) is 153 cm³/mol. The zero-order valence-electron chi connectivity index (χ0n) is 22.1. The first-order valence-corrected chi connectivity index (χ1v) is 12.2. The van der Waals surface area contributed by atoms with E-state index in [2.05, 4.69) is 25.5 Å². The van der Waals surface area contributed by atoms with Gasteiger partial charge in [-0.25, -0.2) is 19.1 Å². The molecular weight excluding hydrogens is 546 g/mol. The van der Waals surface area contributed by atoms with Gasteiger partial charge in [-0.15, -0.1) is 5.10 Å². The van der Waals surface area contributed by atoms with Gasteiger partial charge in [0.25, 0.3) is 11.8 Å². The fourth-order valence-electron chi connectivity index (χ4n) is 3.81. The van der Waals surface area contributed by atoms with Crippen LogP contribution in [0.3, 0.4) is 0 Å². The maximum absolute atomic E-state index is 12.5. The summed E-state index contributed by atoms with van der Waals surface area (Å²) in [6.45, 7) is 1.99. The molecule has 2 aromatic carbocycles. The number of methoxy groups -OCH3 is 1. The third-order valence-corrected chi connectivity index (χ3v) is 5.89. The van der Waals surface area contributed by atoms with Crippen LogP contribution in [-0.2, 0) is 16.1 Å². The van der Waals surface area contributed by atoms with Gasteiger partial charge in [0.2, 0.25) is 0 Å². The summed E-state index contributed by atoms with van der Waals surface area (Å²) in [7, 11) is 1.36. The molecule has 1 aliphatic heterocycles. The summed E-state index contributed by atoms with van der Waals surface area (Å²) in [6, 6.07) is 14.7. The Morgan fingerprint density at radius 2 is 1.88 bits per heavy atom. The molecule has 5 rings (SSSR count). The molecule has 14 nitrogen and oxygen atoms in total. The zero-order valence-corrected chi connectivity index (χ0v) is 22.1. The first kappa shape index (κ1) is 31.0. The molecule has 0 spiro atoms. The van der Waals surface area contributed by atoms with Gasteiger partial charge in [-0.1, -0.05) is 25.6 Å². The van der Waals surface area contributed by atoms with Gasteiger partial charge in [-0.3, -0.25) is 9.59 Å².